The van der Waals surface area contributed by atoms with E-state index in [9.17, 15) is 4.39 Å². The lowest BCUT2D eigenvalue weighted by Gasteiger charge is -2.05. The lowest BCUT2D eigenvalue weighted by Crippen LogP contribution is -2.15. The van der Waals surface area contributed by atoms with E-state index in [1.54, 1.807) is 23.1 Å². The zero-order valence-electron chi connectivity index (χ0n) is 11.4. The Kier molecular flexibility index (Phi) is 4.63. The maximum atomic E-state index is 13.2. The fraction of sp³-hybridized carbons (Fsp3) is 0.429. The van der Waals surface area contributed by atoms with Gasteiger partial charge in [-0.1, -0.05) is 13.0 Å². The first-order chi connectivity index (χ1) is 9.19. The third kappa shape index (κ3) is 3.86. The van der Waals surface area contributed by atoms with Crippen molar-refractivity contribution in [3.8, 4) is 0 Å². The molecule has 19 heavy (non-hydrogen) atoms. The summed E-state index contributed by atoms with van der Waals surface area (Å²) in [6.45, 7) is 6.26. The van der Waals surface area contributed by atoms with Gasteiger partial charge in [-0.2, -0.15) is 5.10 Å². The van der Waals surface area contributed by atoms with Gasteiger partial charge in [-0.3, -0.25) is 0 Å². The molecule has 0 aliphatic rings. The second kappa shape index (κ2) is 6.43. The number of nitrogens with zero attached hydrogens (tertiary/aromatic N) is 3. The van der Waals surface area contributed by atoms with Crippen LogP contribution in [0.5, 0.6) is 0 Å². The van der Waals surface area contributed by atoms with Gasteiger partial charge in [-0.15, -0.1) is 0 Å². The van der Waals surface area contributed by atoms with Crippen molar-refractivity contribution in [1.29, 1.82) is 0 Å². The first kappa shape index (κ1) is 13.7. The van der Waals surface area contributed by atoms with Gasteiger partial charge in [0, 0.05) is 0 Å². The van der Waals surface area contributed by atoms with Crippen LogP contribution in [0.3, 0.4) is 0 Å². The summed E-state index contributed by atoms with van der Waals surface area (Å²) < 4.78 is 14.9. The van der Waals surface area contributed by atoms with Crippen LogP contribution in [0.1, 0.15) is 30.3 Å². The van der Waals surface area contributed by atoms with E-state index in [4.69, 9.17) is 0 Å². The lowest BCUT2D eigenvalue weighted by atomic mass is 10.1. The predicted molar refractivity (Wildman–Crippen MR) is 72.3 cm³/mol. The molecule has 0 amide bonds. The van der Waals surface area contributed by atoms with Gasteiger partial charge in [0.1, 0.15) is 12.1 Å². The highest BCUT2D eigenvalue weighted by atomic mass is 19.1. The molecule has 0 saturated heterocycles. The van der Waals surface area contributed by atoms with Gasteiger partial charge in [0.15, 0.2) is 5.82 Å². The highest BCUT2D eigenvalue weighted by molar-refractivity contribution is 5.26. The molecule has 0 radical (unpaired) electrons. The summed E-state index contributed by atoms with van der Waals surface area (Å²) in [7, 11) is 0. The van der Waals surface area contributed by atoms with Gasteiger partial charge in [0.25, 0.3) is 0 Å². The Morgan fingerprint density at radius 3 is 3.00 bits per heavy atom. The first-order valence-electron chi connectivity index (χ1n) is 6.53. The minimum absolute atomic E-state index is 0.217. The third-order valence-corrected chi connectivity index (χ3v) is 2.94. The number of benzene rings is 1. The van der Waals surface area contributed by atoms with Crippen molar-refractivity contribution in [2.45, 2.75) is 33.4 Å². The highest BCUT2D eigenvalue weighted by Gasteiger charge is 2.04. The van der Waals surface area contributed by atoms with Crippen LogP contribution in [-0.2, 0) is 13.1 Å². The maximum Gasteiger partial charge on any atom is 0.164 e. The van der Waals surface area contributed by atoms with Gasteiger partial charge in [0.2, 0.25) is 0 Å². The Balaban J connectivity index is 2.01. The van der Waals surface area contributed by atoms with Crippen LogP contribution < -0.4 is 5.32 Å². The summed E-state index contributed by atoms with van der Waals surface area (Å²) in [5.74, 6) is 0.549. The van der Waals surface area contributed by atoms with E-state index >= 15 is 0 Å². The van der Waals surface area contributed by atoms with Gasteiger partial charge >= 0.3 is 0 Å². The predicted octanol–water partition coefficient (Wildman–Crippen LogP) is 2.27. The number of aromatic nitrogens is 3. The summed E-state index contributed by atoms with van der Waals surface area (Å²) >= 11 is 0. The molecule has 102 valence electrons. The molecule has 4 nitrogen and oxygen atoms in total. The fourth-order valence-corrected chi connectivity index (χ4v) is 1.85. The third-order valence-electron chi connectivity index (χ3n) is 2.94. The number of aryl methyl sites for hydroxylation is 1. The topological polar surface area (TPSA) is 42.7 Å². The molecule has 0 bridgehead atoms. The Morgan fingerprint density at radius 2 is 2.21 bits per heavy atom. The molecule has 1 N–H and O–H groups in total. The van der Waals surface area contributed by atoms with Gasteiger partial charge in [0.05, 0.1) is 13.1 Å². The molecule has 0 spiro atoms. The van der Waals surface area contributed by atoms with Crippen LogP contribution in [0.15, 0.2) is 24.5 Å². The van der Waals surface area contributed by atoms with E-state index in [0.29, 0.717) is 13.1 Å². The zero-order valence-corrected chi connectivity index (χ0v) is 11.4. The second-order valence-corrected chi connectivity index (χ2v) is 4.61. The molecule has 0 aliphatic carbocycles. The monoisotopic (exact) mass is 262 g/mol. The molecular formula is C14H19FN4. The van der Waals surface area contributed by atoms with E-state index in [1.165, 1.54) is 6.07 Å². The van der Waals surface area contributed by atoms with Crippen LogP contribution >= 0.6 is 0 Å². The fourth-order valence-electron chi connectivity index (χ4n) is 1.85. The van der Waals surface area contributed by atoms with Crippen molar-refractivity contribution in [2.75, 3.05) is 6.54 Å². The van der Waals surface area contributed by atoms with Crippen molar-refractivity contribution in [1.82, 2.24) is 20.1 Å². The van der Waals surface area contributed by atoms with Crippen molar-refractivity contribution < 1.29 is 4.39 Å². The summed E-state index contributed by atoms with van der Waals surface area (Å²) in [5.41, 5.74) is 1.99. The Bertz CT molecular complexity index is 536. The maximum absolute atomic E-state index is 13.2. The number of hydrogen-bond donors (Lipinski definition) is 1. The standard InChI is InChI=1S/C14H19FN4/c1-3-6-16-8-14-17-10-19(18-14)9-12-7-13(15)5-4-11(12)2/h4-5,7,10,16H,3,6,8-9H2,1-2H3. The van der Waals surface area contributed by atoms with Crippen LogP contribution in [0.2, 0.25) is 0 Å². The van der Waals surface area contributed by atoms with E-state index in [0.717, 1.165) is 29.9 Å². The molecule has 1 aromatic heterocycles. The molecule has 0 fully saturated rings. The summed E-state index contributed by atoms with van der Waals surface area (Å²) in [6.07, 6.45) is 2.77. The SMILES string of the molecule is CCCNCc1ncn(Cc2cc(F)ccc2C)n1. The Morgan fingerprint density at radius 1 is 1.37 bits per heavy atom. The van der Waals surface area contributed by atoms with E-state index in [2.05, 4.69) is 22.3 Å². The number of hydrogen-bond acceptors (Lipinski definition) is 3. The molecule has 1 heterocycles. The normalized spacial score (nSPS) is 10.9. The van der Waals surface area contributed by atoms with Crippen LogP contribution in [0, 0.1) is 12.7 Å². The number of halogens is 1. The van der Waals surface area contributed by atoms with Gasteiger partial charge in [-0.25, -0.2) is 14.1 Å². The van der Waals surface area contributed by atoms with E-state index in [-0.39, 0.29) is 5.82 Å². The summed E-state index contributed by atoms with van der Waals surface area (Å²) in [5, 5.41) is 7.62. The molecular weight excluding hydrogens is 243 g/mol. The van der Waals surface area contributed by atoms with Gasteiger partial charge < -0.3 is 5.32 Å². The van der Waals surface area contributed by atoms with Gasteiger partial charge in [-0.05, 0) is 43.1 Å². The van der Waals surface area contributed by atoms with Crippen molar-refractivity contribution >= 4 is 0 Å². The molecule has 0 aliphatic heterocycles. The zero-order chi connectivity index (χ0) is 13.7. The molecule has 0 saturated carbocycles. The number of rotatable bonds is 6. The van der Waals surface area contributed by atoms with E-state index in [1.807, 2.05) is 6.92 Å². The smallest absolute Gasteiger partial charge is 0.164 e. The molecule has 1 aromatic carbocycles. The molecule has 0 atom stereocenters. The lowest BCUT2D eigenvalue weighted by molar-refractivity contribution is 0.610. The van der Waals surface area contributed by atoms with Crippen LogP contribution in [0.4, 0.5) is 4.39 Å². The largest absolute Gasteiger partial charge is 0.310 e. The Labute approximate surface area is 112 Å². The average molecular weight is 262 g/mol. The molecule has 2 aromatic rings. The molecule has 0 unspecified atom stereocenters. The molecule has 5 heteroatoms. The molecule has 2 rings (SSSR count). The quantitative estimate of drug-likeness (QED) is 0.812. The minimum Gasteiger partial charge on any atom is -0.310 e. The highest BCUT2D eigenvalue weighted by Crippen LogP contribution is 2.11. The van der Waals surface area contributed by atoms with E-state index < -0.39 is 0 Å². The van der Waals surface area contributed by atoms with Crippen LogP contribution in [-0.4, -0.2) is 21.3 Å². The summed E-state index contributed by atoms with van der Waals surface area (Å²) in [6, 6.07) is 4.80. The van der Waals surface area contributed by atoms with Crippen molar-refractivity contribution in [2.24, 2.45) is 0 Å². The summed E-state index contributed by atoms with van der Waals surface area (Å²) in [4.78, 5) is 4.23. The average Bonchev–Trinajstić information content (AvgIpc) is 2.82. The first-order valence-corrected chi connectivity index (χ1v) is 6.53. The minimum atomic E-state index is -0.217. The van der Waals surface area contributed by atoms with Crippen molar-refractivity contribution in [3.63, 3.8) is 0 Å². The number of nitrogens with one attached hydrogen (secondary N) is 1. The van der Waals surface area contributed by atoms with Crippen molar-refractivity contribution in [3.05, 3.63) is 47.3 Å². The van der Waals surface area contributed by atoms with Crippen LogP contribution in [0.25, 0.3) is 0 Å². The second-order valence-electron chi connectivity index (χ2n) is 4.61. The Hall–Kier alpha value is -1.75.